The molecule has 6 heteroatoms. The zero-order valence-electron chi connectivity index (χ0n) is 8.20. The molecule has 0 spiro atoms. The highest BCUT2D eigenvalue weighted by Gasteiger charge is 2.33. The number of rotatable bonds is 1. The first kappa shape index (κ1) is 10.2. The largest absolute Gasteiger partial charge is 0.383 e. The molecule has 0 unspecified atom stereocenters. The van der Waals surface area contributed by atoms with Crippen molar-refractivity contribution < 1.29 is 14.4 Å². The summed E-state index contributed by atoms with van der Waals surface area (Å²) >= 11 is 0. The van der Waals surface area contributed by atoms with Crippen molar-refractivity contribution in [2.24, 2.45) is 0 Å². The Kier molecular flexibility index (Phi) is 2.55. The number of barbiturate groups is 1. The molecule has 1 rings (SSSR count). The van der Waals surface area contributed by atoms with Crippen molar-refractivity contribution in [2.75, 3.05) is 21.1 Å². The smallest absolute Gasteiger partial charge is 0.331 e. The maximum atomic E-state index is 11.4. The van der Waals surface area contributed by atoms with Crippen LogP contribution in [0.2, 0.25) is 0 Å². The lowest BCUT2D eigenvalue weighted by atomic mass is 10.2. The molecular weight excluding hydrogens is 186 g/mol. The van der Waals surface area contributed by atoms with Gasteiger partial charge in [-0.05, 0) is 0 Å². The van der Waals surface area contributed by atoms with E-state index in [9.17, 15) is 14.4 Å². The van der Waals surface area contributed by atoms with Crippen molar-refractivity contribution in [3.63, 3.8) is 0 Å². The number of nitrogens with one attached hydrogen (secondary N) is 1. The Morgan fingerprint density at radius 1 is 1.29 bits per heavy atom. The number of urea groups is 1. The minimum atomic E-state index is -0.698. The number of carbonyl (C=O) groups excluding carboxylic acids is 3. The number of hydrogen-bond donors (Lipinski definition) is 1. The molecule has 0 aromatic heterocycles. The fourth-order valence-electron chi connectivity index (χ4n) is 0.990. The van der Waals surface area contributed by atoms with Gasteiger partial charge in [-0.15, -0.1) is 0 Å². The third-order valence-electron chi connectivity index (χ3n) is 1.69. The van der Waals surface area contributed by atoms with Crippen LogP contribution in [0, 0.1) is 0 Å². The molecule has 4 amide bonds. The summed E-state index contributed by atoms with van der Waals surface area (Å²) in [5, 5.41) is 2.05. The van der Waals surface area contributed by atoms with E-state index in [2.05, 4.69) is 0 Å². The van der Waals surface area contributed by atoms with Crippen molar-refractivity contribution >= 4 is 17.8 Å². The number of hydrogen-bond acceptors (Lipinski definition) is 4. The van der Waals surface area contributed by atoms with E-state index >= 15 is 0 Å². The Balaban J connectivity index is 3.02. The average molecular weight is 197 g/mol. The van der Waals surface area contributed by atoms with Crippen LogP contribution in [0.25, 0.3) is 0 Å². The number of imide groups is 2. The van der Waals surface area contributed by atoms with Crippen molar-refractivity contribution in [3.05, 3.63) is 11.8 Å². The van der Waals surface area contributed by atoms with Gasteiger partial charge in [-0.3, -0.25) is 19.8 Å². The van der Waals surface area contributed by atoms with Crippen LogP contribution in [0.4, 0.5) is 4.79 Å². The van der Waals surface area contributed by atoms with Gasteiger partial charge in [0.05, 0.1) is 0 Å². The van der Waals surface area contributed by atoms with E-state index in [-0.39, 0.29) is 5.57 Å². The van der Waals surface area contributed by atoms with Crippen LogP contribution in [-0.4, -0.2) is 48.8 Å². The number of nitrogens with zero attached hydrogens (tertiary/aromatic N) is 2. The van der Waals surface area contributed by atoms with Gasteiger partial charge < -0.3 is 4.90 Å². The third-order valence-corrected chi connectivity index (χ3v) is 1.69. The Hall–Kier alpha value is -1.85. The van der Waals surface area contributed by atoms with Crippen molar-refractivity contribution in [1.29, 1.82) is 0 Å². The topological polar surface area (TPSA) is 69.7 Å². The first-order valence-electron chi connectivity index (χ1n) is 3.95. The number of likely N-dealkylation sites (N-methyl/N-ethyl adjacent to an activating group) is 1. The van der Waals surface area contributed by atoms with Gasteiger partial charge in [-0.2, -0.15) is 0 Å². The van der Waals surface area contributed by atoms with E-state index < -0.39 is 17.8 Å². The normalized spacial score (nSPS) is 20.1. The first-order chi connectivity index (χ1) is 6.43. The molecule has 1 fully saturated rings. The molecular formula is C8H11N3O3. The van der Waals surface area contributed by atoms with Crippen molar-refractivity contribution in [1.82, 2.24) is 15.1 Å². The van der Waals surface area contributed by atoms with Crippen molar-refractivity contribution in [3.8, 4) is 0 Å². The van der Waals surface area contributed by atoms with Gasteiger partial charge in [0.25, 0.3) is 11.8 Å². The summed E-state index contributed by atoms with van der Waals surface area (Å²) in [6.07, 6.45) is 1.38. The van der Waals surface area contributed by atoms with Gasteiger partial charge in [0, 0.05) is 27.3 Å². The van der Waals surface area contributed by atoms with Gasteiger partial charge in [0.2, 0.25) is 0 Å². The SMILES string of the molecule is CN(C)C=C1C(=O)NC(=O)N(C)C1=O. The fourth-order valence-corrected chi connectivity index (χ4v) is 0.990. The predicted octanol–water partition coefficient (Wildman–Crippen LogP) is -0.860. The van der Waals surface area contributed by atoms with Crippen LogP contribution in [0.1, 0.15) is 0 Å². The Labute approximate surface area is 81.2 Å². The standard InChI is InChI=1S/C8H11N3O3/c1-10(2)4-5-6(12)9-8(14)11(3)7(5)13/h4H,1-3H3,(H,9,12,14). The molecule has 0 aliphatic carbocycles. The van der Waals surface area contributed by atoms with Gasteiger partial charge in [-0.1, -0.05) is 0 Å². The van der Waals surface area contributed by atoms with E-state index in [1.807, 2.05) is 5.32 Å². The maximum Gasteiger partial charge on any atom is 0.331 e. The van der Waals surface area contributed by atoms with Crippen LogP contribution >= 0.6 is 0 Å². The molecule has 1 N–H and O–H groups in total. The summed E-state index contributed by atoms with van der Waals surface area (Å²) in [5.41, 5.74) is -0.0444. The molecule has 0 bridgehead atoms. The van der Waals surface area contributed by atoms with Gasteiger partial charge >= 0.3 is 6.03 Å². The molecule has 1 saturated heterocycles. The zero-order valence-corrected chi connectivity index (χ0v) is 8.20. The Morgan fingerprint density at radius 2 is 1.86 bits per heavy atom. The molecule has 1 aliphatic heterocycles. The van der Waals surface area contributed by atoms with Crippen LogP contribution in [-0.2, 0) is 9.59 Å². The van der Waals surface area contributed by atoms with Gasteiger partial charge in [0.1, 0.15) is 5.57 Å². The number of amides is 4. The van der Waals surface area contributed by atoms with Crippen LogP contribution in [0.5, 0.6) is 0 Å². The van der Waals surface area contributed by atoms with E-state index in [0.29, 0.717) is 0 Å². The van der Waals surface area contributed by atoms with E-state index in [0.717, 1.165) is 4.90 Å². The van der Waals surface area contributed by atoms with E-state index in [1.165, 1.54) is 13.2 Å². The van der Waals surface area contributed by atoms with Crippen LogP contribution in [0.15, 0.2) is 11.8 Å². The molecule has 0 aromatic carbocycles. The summed E-state index contributed by atoms with van der Waals surface area (Å²) in [7, 11) is 4.68. The monoisotopic (exact) mass is 197 g/mol. The summed E-state index contributed by atoms with van der Waals surface area (Å²) in [4.78, 5) is 36.1. The highest BCUT2D eigenvalue weighted by molar-refractivity contribution is 6.28. The molecule has 1 heterocycles. The Morgan fingerprint density at radius 3 is 2.36 bits per heavy atom. The molecule has 76 valence electrons. The molecule has 0 radical (unpaired) electrons. The summed E-state index contributed by atoms with van der Waals surface area (Å²) in [5.74, 6) is -1.25. The van der Waals surface area contributed by atoms with Crippen molar-refractivity contribution in [2.45, 2.75) is 0 Å². The van der Waals surface area contributed by atoms with Gasteiger partial charge in [-0.25, -0.2) is 4.79 Å². The maximum absolute atomic E-state index is 11.4. The first-order valence-corrected chi connectivity index (χ1v) is 3.95. The number of carbonyl (C=O) groups is 3. The zero-order chi connectivity index (χ0) is 10.9. The lowest BCUT2D eigenvalue weighted by Gasteiger charge is -2.23. The highest BCUT2D eigenvalue weighted by atomic mass is 16.2. The third kappa shape index (κ3) is 1.73. The molecule has 0 aromatic rings. The second-order valence-electron chi connectivity index (χ2n) is 3.13. The lowest BCUT2D eigenvalue weighted by Crippen LogP contribution is -2.52. The Bertz CT molecular complexity index is 333. The molecule has 0 atom stereocenters. The van der Waals surface area contributed by atoms with Crippen LogP contribution < -0.4 is 5.32 Å². The molecule has 14 heavy (non-hydrogen) atoms. The van der Waals surface area contributed by atoms with E-state index in [1.54, 1.807) is 19.0 Å². The summed E-state index contributed by atoms with van der Waals surface area (Å²) in [6.45, 7) is 0. The second kappa shape index (κ2) is 3.49. The summed E-state index contributed by atoms with van der Waals surface area (Å²) < 4.78 is 0. The molecule has 0 saturated carbocycles. The quantitative estimate of drug-likeness (QED) is 0.438. The van der Waals surface area contributed by atoms with E-state index in [4.69, 9.17) is 0 Å². The predicted molar refractivity (Wildman–Crippen MR) is 48.1 cm³/mol. The van der Waals surface area contributed by atoms with Crippen LogP contribution in [0.3, 0.4) is 0 Å². The minimum Gasteiger partial charge on any atom is -0.383 e. The lowest BCUT2D eigenvalue weighted by molar-refractivity contribution is -0.129. The average Bonchev–Trinajstić information content (AvgIpc) is 2.09. The molecule has 6 nitrogen and oxygen atoms in total. The van der Waals surface area contributed by atoms with Gasteiger partial charge in [0.15, 0.2) is 0 Å². The fraction of sp³-hybridized carbons (Fsp3) is 0.375. The summed E-state index contributed by atoms with van der Waals surface area (Å²) in [6, 6.07) is -0.698. The second-order valence-corrected chi connectivity index (χ2v) is 3.13. The highest BCUT2D eigenvalue weighted by Crippen LogP contribution is 2.07. The molecule has 1 aliphatic rings. The minimum absolute atomic E-state index is 0.0444.